The third kappa shape index (κ3) is 8.23. The molecule has 4 rings (SSSR count). The Kier molecular flexibility index (Phi) is 10.4. The van der Waals surface area contributed by atoms with E-state index in [0.29, 0.717) is 40.5 Å². The van der Waals surface area contributed by atoms with E-state index >= 15 is 0 Å². The van der Waals surface area contributed by atoms with Gasteiger partial charge in [0.1, 0.15) is 17.3 Å². The summed E-state index contributed by atoms with van der Waals surface area (Å²) in [4.78, 5) is 56.9. The molecule has 11 nitrogen and oxygen atoms in total. The Morgan fingerprint density at radius 3 is 2.33 bits per heavy atom. The molecule has 0 atom stereocenters. The normalized spacial score (nSPS) is 12.5. The lowest BCUT2D eigenvalue weighted by Crippen LogP contribution is -2.27. The first kappa shape index (κ1) is 33.6. The van der Waals surface area contributed by atoms with Gasteiger partial charge in [0, 0.05) is 35.2 Å². The molecule has 0 aliphatic heterocycles. The van der Waals surface area contributed by atoms with Gasteiger partial charge in [-0.2, -0.15) is 0 Å². The fourth-order valence-electron chi connectivity index (χ4n) is 4.50. The maximum atomic E-state index is 13.8. The monoisotopic (exact) mass is 626 g/mol. The minimum atomic E-state index is -0.960. The van der Waals surface area contributed by atoms with Crippen LogP contribution in [-0.2, 0) is 20.7 Å². The number of methoxy groups -OCH3 is 1. The van der Waals surface area contributed by atoms with Crippen molar-refractivity contribution in [1.82, 2.24) is 10.3 Å². The molecule has 240 valence electrons. The van der Waals surface area contributed by atoms with Crippen molar-refractivity contribution < 1.29 is 33.4 Å². The lowest BCUT2D eigenvalue weighted by atomic mass is 9.90. The predicted octanol–water partition coefficient (Wildman–Crippen LogP) is 4.95. The van der Waals surface area contributed by atoms with Gasteiger partial charge < -0.3 is 25.3 Å². The van der Waals surface area contributed by atoms with E-state index < -0.39 is 30.1 Å². The van der Waals surface area contributed by atoms with Crippen LogP contribution in [0.4, 0.5) is 0 Å². The molecular weight excluding hydrogens is 588 g/mol. The molecule has 46 heavy (non-hydrogen) atoms. The highest BCUT2D eigenvalue weighted by molar-refractivity contribution is 6.07. The summed E-state index contributed by atoms with van der Waals surface area (Å²) in [7, 11) is 1.47. The van der Waals surface area contributed by atoms with Crippen molar-refractivity contribution in [2.24, 2.45) is 17.1 Å². The number of nitrogen functional groups attached to an aromatic ring is 1. The van der Waals surface area contributed by atoms with Crippen LogP contribution in [0, 0.1) is 16.7 Å². The van der Waals surface area contributed by atoms with Crippen LogP contribution in [0.3, 0.4) is 0 Å². The van der Waals surface area contributed by atoms with Gasteiger partial charge in [-0.3, -0.25) is 19.8 Å². The summed E-state index contributed by atoms with van der Waals surface area (Å²) in [5.41, 5.74) is 6.99. The first-order chi connectivity index (χ1) is 21.8. The number of benzene rings is 2. The maximum Gasteiger partial charge on any atom is 0.360 e. The number of nitrogens with two attached hydrogens (primary N) is 1. The largest absolute Gasteiger partial charge is 0.496 e. The zero-order chi connectivity index (χ0) is 33.6. The molecule has 0 unspecified atom stereocenters. The molecule has 11 heteroatoms. The van der Waals surface area contributed by atoms with Crippen molar-refractivity contribution >= 4 is 35.5 Å². The molecule has 0 bridgehead atoms. The minimum absolute atomic E-state index is 0.00822. The summed E-state index contributed by atoms with van der Waals surface area (Å²) in [6.45, 7) is 8.65. The molecule has 1 amide bonds. The first-order valence-corrected chi connectivity index (χ1v) is 14.8. The molecular formula is C35H38N4O7. The second-order valence-electron chi connectivity index (χ2n) is 12.0. The van der Waals surface area contributed by atoms with Crippen molar-refractivity contribution in [1.29, 1.82) is 5.41 Å². The van der Waals surface area contributed by atoms with Gasteiger partial charge in [0.2, 0.25) is 6.79 Å². The number of aromatic nitrogens is 1. The van der Waals surface area contributed by atoms with Gasteiger partial charge in [-0.05, 0) is 74.9 Å². The van der Waals surface area contributed by atoms with Crippen molar-refractivity contribution in [2.45, 2.75) is 40.0 Å². The van der Waals surface area contributed by atoms with Gasteiger partial charge in [0.15, 0.2) is 11.5 Å². The summed E-state index contributed by atoms with van der Waals surface area (Å²) in [5.74, 6) is -1.56. The van der Waals surface area contributed by atoms with Crippen molar-refractivity contribution in [2.75, 3.05) is 20.4 Å². The van der Waals surface area contributed by atoms with Crippen LogP contribution < -0.4 is 15.8 Å². The quantitative estimate of drug-likeness (QED) is 0.0780. The van der Waals surface area contributed by atoms with E-state index in [0.717, 1.165) is 12.8 Å². The highest BCUT2D eigenvalue weighted by Gasteiger charge is 2.27. The van der Waals surface area contributed by atoms with E-state index in [1.165, 1.54) is 19.2 Å². The molecule has 0 radical (unpaired) electrons. The summed E-state index contributed by atoms with van der Waals surface area (Å²) in [5, 5.41) is 10.4. The van der Waals surface area contributed by atoms with Gasteiger partial charge in [0.25, 0.3) is 5.91 Å². The number of nitrogens with zero attached hydrogens (tertiary/aromatic N) is 1. The number of hydrogen-bond acceptors (Lipinski definition) is 9. The molecule has 4 N–H and O–H groups in total. The van der Waals surface area contributed by atoms with E-state index in [-0.39, 0.29) is 40.6 Å². The smallest absolute Gasteiger partial charge is 0.360 e. The number of Topliss-reactive ketones (excluding diaryl/α,β-unsaturated/α-hetero) is 1. The number of ketones is 1. The van der Waals surface area contributed by atoms with Gasteiger partial charge in [-0.15, -0.1) is 0 Å². The van der Waals surface area contributed by atoms with Crippen LogP contribution in [0.25, 0.3) is 17.2 Å². The summed E-state index contributed by atoms with van der Waals surface area (Å²) >= 11 is 0. The Hall–Kier alpha value is -5.32. The number of carbonyl (C=O) groups excluding carboxylic acids is 4. The van der Waals surface area contributed by atoms with Gasteiger partial charge in [-0.1, -0.05) is 36.9 Å². The lowest BCUT2D eigenvalue weighted by molar-refractivity contribution is -0.161. The van der Waals surface area contributed by atoms with E-state index in [2.05, 4.69) is 16.9 Å². The zero-order valence-corrected chi connectivity index (χ0v) is 26.4. The number of pyridine rings is 1. The van der Waals surface area contributed by atoms with E-state index in [4.69, 9.17) is 25.4 Å². The fourth-order valence-corrected chi connectivity index (χ4v) is 4.50. The third-order valence-corrected chi connectivity index (χ3v) is 7.37. The van der Waals surface area contributed by atoms with Crippen molar-refractivity contribution in [3.63, 3.8) is 0 Å². The van der Waals surface area contributed by atoms with Crippen LogP contribution >= 0.6 is 0 Å². The second-order valence-corrected chi connectivity index (χ2v) is 12.0. The molecule has 3 aromatic rings. The van der Waals surface area contributed by atoms with Crippen LogP contribution in [0.15, 0.2) is 55.1 Å². The molecule has 1 saturated carbocycles. The number of esters is 2. The average Bonchev–Trinajstić information content (AvgIpc) is 3.87. The molecule has 1 aromatic heterocycles. The number of ether oxygens (including phenoxy) is 3. The molecule has 1 aliphatic rings. The lowest BCUT2D eigenvalue weighted by Gasteiger charge is -2.18. The van der Waals surface area contributed by atoms with Crippen LogP contribution in [0.1, 0.15) is 81.6 Å². The number of hydrogen-bond donors (Lipinski definition) is 3. The third-order valence-electron chi connectivity index (χ3n) is 7.37. The Bertz CT molecular complexity index is 1690. The molecule has 1 fully saturated rings. The van der Waals surface area contributed by atoms with E-state index in [9.17, 15) is 19.2 Å². The van der Waals surface area contributed by atoms with Gasteiger partial charge >= 0.3 is 11.9 Å². The molecule has 1 heterocycles. The SMILES string of the molecule is C=Cc1cc(C(=O)Cc2ccc(C(=N)N)cc2)c(-c2ccc(C(=O)NCC3CC3)nc2C(=O)OCOC(=O)C(C)(C)C)cc1OC. The maximum absolute atomic E-state index is 13.8. The average molecular weight is 627 g/mol. The van der Waals surface area contributed by atoms with Crippen LogP contribution in [0.2, 0.25) is 0 Å². The van der Waals surface area contributed by atoms with Crippen LogP contribution in [0.5, 0.6) is 5.75 Å². The van der Waals surface area contributed by atoms with Crippen molar-refractivity contribution in [3.05, 3.63) is 88.8 Å². The number of rotatable bonds is 13. The van der Waals surface area contributed by atoms with Crippen molar-refractivity contribution in [3.8, 4) is 16.9 Å². The van der Waals surface area contributed by atoms with E-state index in [1.54, 1.807) is 63.2 Å². The standard InChI is InChI=1S/C35H38N4O7/c1-6-22-16-26(28(40)15-20-9-11-23(12-10-20)31(36)37)25(17-29(22)44-5)24-13-14-27(32(41)38-18-21-7-8-21)39-30(24)33(42)45-19-46-34(43)35(2,3)4/h6,9-14,16-17,21H,1,7-8,15,18-19H2,2-5H3,(H3,36,37)(H,38,41). The number of nitrogens with one attached hydrogen (secondary N) is 2. The predicted molar refractivity (Wildman–Crippen MR) is 173 cm³/mol. The molecule has 0 spiro atoms. The molecule has 1 aliphatic carbocycles. The minimum Gasteiger partial charge on any atom is -0.496 e. The Morgan fingerprint density at radius 2 is 1.74 bits per heavy atom. The second kappa shape index (κ2) is 14.2. The number of carbonyl (C=O) groups is 4. The zero-order valence-electron chi connectivity index (χ0n) is 26.4. The number of amidine groups is 1. The topological polar surface area (TPSA) is 171 Å². The summed E-state index contributed by atoms with van der Waals surface area (Å²) < 4.78 is 16.0. The van der Waals surface area contributed by atoms with Gasteiger partial charge in [-0.25, -0.2) is 9.78 Å². The fraction of sp³-hybridized carbons (Fsp3) is 0.314. The Balaban J connectivity index is 1.76. The Morgan fingerprint density at radius 1 is 1.04 bits per heavy atom. The Labute approximate surface area is 267 Å². The van der Waals surface area contributed by atoms with Gasteiger partial charge in [0.05, 0.1) is 12.5 Å². The molecule has 0 saturated heterocycles. The number of amides is 1. The van der Waals surface area contributed by atoms with Crippen LogP contribution in [-0.4, -0.2) is 54.9 Å². The van der Waals surface area contributed by atoms with E-state index in [1.807, 2.05) is 0 Å². The highest BCUT2D eigenvalue weighted by atomic mass is 16.7. The molecule has 2 aromatic carbocycles. The summed E-state index contributed by atoms with van der Waals surface area (Å²) in [6, 6.07) is 13.0. The highest BCUT2D eigenvalue weighted by Crippen LogP contribution is 2.35. The first-order valence-electron chi connectivity index (χ1n) is 14.8. The summed E-state index contributed by atoms with van der Waals surface area (Å²) in [6.07, 6.45) is 3.62.